The molecular formula is C19H21FN2O. The van der Waals surface area contributed by atoms with Crippen LogP contribution < -0.4 is 0 Å². The molecule has 0 N–H and O–H groups in total. The number of piperazine rings is 1. The first-order chi connectivity index (χ1) is 11.1. The van der Waals surface area contributed by atoms with Crippen LogP contribution in [0.25, 0.3) is 0 Å². The molecule has 3 rings (SSSR count). The maximum atomic E-state index is 13.4. The molecule has 1 heterocycles. The molecule has 2 aromatic rings. The van der Waals surface area contributed by atoms with E-state index in [4.69, 9.17) is 0 Å². The quantitative estimate of drug-likeness (QED) is 0.811. The summed E-state index contributed by atoms with van der Waals surface area (Å²) in [4.78, 5) is 17.4. The molecule has 1 saturated heterocycles. The molecule has 3 nitrogen and oxygen atoms in total. The van der Waals surface area contributed by atoms with Crippen LogP contribution in [0.3, 0.4) is 0 Å². The molecule has 23 heavy (non-hydrogen) atoms. The predicted octanol–water partition coefficient (Wildman–Crippen LogP) is 2.80. The molecule has 1 fully saturated rings. The van der Waals surface area contributed by atoms with Crippen molar-refractivity contribution in [1.82, 2.24) is 9.80 Å². The summed E-state index contributed by atoms with van der Waals surface area (Å²) < 4.78 is 13.4. The molecule has 2 aromatic carbocycles. The van der Waals surface area contributed by atoms with Gasteiger partial charge in [0.2, 0.25) is 0 Å². The lowest BCUT2D eigenvalue weighted by atomic mass is 9.98. The number of nitrogens with zero attached hydrogens (tertiary/aromatic N) is 2. The van der Waals surface area contributed by atoms with Crippen molar-refractivity contribution in [3.8, 4) is 0 Å². The Morgan fingerprint density at radius 1 is 1.04 bits per heavy atom. The molecule has 0 atom stereocenters. The Hall–Kier alpha value is -2.04. The predicted molar refractivity (Wildman–Crippen MR) is 89.0 cm³/mol. The Balaban J connectivity index is 1.81. The standard InChI is InChI=1S/C19H21FN2O/c1-21-9-11-22(12-10-21)14-16-5-2-3-8-18(16)19(23)15-6-4-7-17(20)13-15/h2-8,13H,9-12,14H2,1H3. The van der Waals surface area contributed by atoms with Gasteiger partial charge in [0.15, 0.2) is 5.78 Å². The van der Waals surface area contributed by atoms with E-state index >= 15 is 0 Å². The number of hydrogen-bond donors (Lipinski definition) is 0. The average molecular weight is 312 g/mol. The number of likely N-dealkylation sites (N-methyl/N-ethyl adjacent to an activating group) is 1. The molecule has 120 valence electrons. The highest BCUT2D eigenvalue weighted by atomic mass is 19.1. The third-order valence-corrected chi connectivity index (χ3v) is 4.34. The van der Waals surface area contributed by atoms with E-state index in [1.807, 2.05) is 24.3 Å². The fourth-order valence-corrected chi connectivity index (χ4v) is 2.91. The molecule has 1 aliphatic rings. The van der Waals surface area contributed by atoms with Crippen LogP contribution in [-0.4, -0.2) is 48.8 Å². The van der Waals surface area contributed by atoms with Gasteiger partial charge >= 0.3 is 0 Å². The van der Waals surface area contributed by atoms with Crippen LogP contribution in [0.15, 0.2) is 48.5 Å². The van der Waals surface area contributed by atoms with E-state index in [2.05, 4.69) is 16.8 Å². The van der Waals surface area contributed by atoms with Gasteiger partial charge in [0.1, 0.15) is 5.82 Å². The van der Waals surface area contributed by atoms with Gasteiger partial charge in [-0.15, -0.1) is 0 Å². The molecule has 4 heteroatoms. The van der Waals surface area contributed by atoms with Gasteiger partial charge in [-0.2, -0.15) is 0 Å². The first-order valence-electron chi connectivity index (χ1n) is 7.92. The molecule has 0 aliphatic carbocycles. The summed E-state index contributed by atoms with van der Waals surface area (Å²) in [7, 11) is 2.12. The summed E-state index contributed by atoms with van der Waals surface area (Å²) in [5, 5.41) is 0. The van der Waals surface area contributed by atoms with Crippen LogP contribution in [-0.2, 0) is 6.54 Å². The fourth-order valence-electron chi connectivity index (χ4n) is 2.91. The van der Waals surface area contributed by atoms with Gasteiger partial charge in [0.25, 0.3) is 0 Å². The van der Waals surface area contributed by atoms with Gasteiger partial charge in [-0.05, 0) is 24.7 Å². The average Bonchev–Trinajstić information content (AvgIpc) is 2.57. The van der Waals surface area contributed by atoms with E-state index in [-0.39, 0.29) is 11.6 Å². The highest BCUT2D eigenvalue weighted by Gasteiger charge is 2.18. The zero-order valence-electron chi connectivity index (χ0n) is 13.3. The molecule has 0 radical (unpaired) electrons. The van der Waals surface area contributed by atoms with Crippen LogP contribution in [0.5, 0.6) is 0 Å². The van der Waals surface area contributed by atoms with Gasteiger partial charge in [-0.1, -0.05) is 36.4 Å². The molecule has 1 aliphatic heterocycles. The van der Waals surface area contributed by atoms with Crippen molar-refractivity contribution in [2.45, 2.75) is 6.54 Å². The lowest BCUT2D eigenvalue weighted by molar-refractivity contribution is 0.103. The first-order valence-corrected chi connectivity index (χ1v) is 7.92. The third-order valence-electron chi connectivity index (χ3n) is 4.34. The molecule has 0 amide bonds. The van der Waals surface area contributed by atoms with Gasteiger partial charge in [-0.3, -0.25) is 9.69 Å². The zero-order valence-corrected chi connectivity index (χ0v) is 13.3. The molecular weight excluding hydrogens is 291 g/mol. The summed E-state index contributed by atoms with van der Waals surface area (Å²) in [6.45, 7) is 4.84. The van der Waals surface area contributed by atoms with Crippen molar-refractivity contribution in [2.24, 2.45) is 0 Å². The summed E-state index contributed by atoms with van der Waals surface area (Å²) in [5.41, 5.74) is 2.07. The number of benzene rings is 2. The second-order valence-corrected chi connectivity index (χ2v) is 6.08. The minimum absolute atomic E-state index is 0.116. The van der Waals surface area contributed by atoms with Gasteiger partial charge in [0, 0.05) is 43.9 Å². The minimum atomic E-state index is -0.382. The highest BCUT2D eigenvalue weighted by molar-refractivity contribution is 6.09. The van der Waals surface area contributed by atoms with Gasteiger partial charge in [0.05, 0.1) is 0 Å². The third kappa shape index (κ3) is 3.84. The Morgan fingerprint density at radius 3 is 2.52 bits per heavy atom. The van der Waals surface area contributed by atoms with Crippen molar-refractivity contribution in [1.29, 1.82) is 0 Å². The molecule has 0 spiro atoms. The lowest BCUT2D eigenvalue weighted by Crippen LogP contribution is -2.44. The number of hydrogen-bond acceptors (Lipinski definition) is 3. The fraction of sp³-hybridized carbons (Fsp3) is 0.316. The van der Waals surface area contributed by atoms with Crippen molar-refractivity contribution in [3.63, 3.8) is 0 Å². The second kappa shape index (κ2) is 7.02. The number of ketones is 1. The number of carbonyl (C=O) groups excluding carboxylic acids is 1. The van der Waals surface area contributed by atoms with E-state index in [0.29, 0.717) is 11.1 Å². The molecule has 0 unspecified atom stereocenters. The Labute approximate surface area is 136 Å². The van der Waals surface area contributed by atoms with Crippen LogP contribution in [0.2, 0.25) is 0 Å². The molecule has 0 bridgehead atoms. The lowest BCUT2D eigenvalue weighted by Gasteiger charge is -2.32. The first kappa shape index (κ1) is 15.8. The summed E-state index contributed by atoms with van der Waals surface area (Å²) in [5.74, 6) is -0.498. The smallest absolute Gasteiger partial charge is 0.193 e. The largest absolute Gasteiger partial charge is 0.304 e. The Bertz CT molecular complexity index is 693. The van der Waals surface area contributed by atoms with E-state index in [0.717, 1.165) is 38.3 Å². The van der Waals surface area contributed by atoms with E-state index < -0.39 is 0 Å². The highest BCUT2D eigenvalue weighted by Crippen LogP contribution is 2.18. The Morgan fingerprint density at radius 2 is 1.78 bits per heavy atom. The van der Waals surface area contributed by atoms with Crippen molar-refractivity contribution >= 4 is 5.78 Å². The monoisotopic (exact) mass is 312 g/mol. The Kier molecular flexibility index (Phi) is 4.84. The summed E-state index contributed by atoms with van der Waals surface area (Å²) >= 11 is 0. The van der Waals surface area contributed by atoms with Crippen molar-refractivity contribution < 1.29 is 9.18 Å². The summed E-state index contributed by atoms with van der Waals surface area (Å²) in [6, 6.07) is 13.5. The molecule has 0 saturated carbocycles. The zero-order chi connectivity index (χ0) is 16.2. The van der Waals surface area contributed by atoms with E-state index in [1.165, 1.54) is 12.1 Å². The number of rotatable bonds is 4. The van der Waals surface area contributed by atoms with Crippen LogP contribution in [0.4, 0.5) is 4.39 Å². The molecule has 0 aromatic heterocycles. The number of carbonyl (C=O) groups is 1. The topological polar surface area (TPSA) is 23.6 Å². The summed E-state index contributed by atoms with van der Waals surface area (Å²) in [6.07, 6.45) is 0. The minimum Gasteiger partial charge on any atom is -0.304 e. The van der Waals surface area contributed by atoms with Gasteiger partial charge < -0.3 is 4.90 Å². The van der Waals surface area contributed by atoms with E-state index in [9.17, 15) is 9.18 Å². The SMILES string of the molecule is CN1CCN(Cc2ccccc2C(=O)c2cccc(F)c2)CC1. The normalized spacial score (nSPS) is 16.4. The van der Waals surface area contributed by atoms with Gasteiger partial charge in [-0.25, -0.2) is 4.39 Å². The van der Waals surface area contributed by atoms with Crippen molar-refractivity contribution in [2.75, 3.05) is 33.2 Å². The van der Waals surface area contributed by atoms with E-state index in [1.54, 1.807) is 12.1 Å². The van der Waals surface area contributed by atoms with Crippen LogP contribution >= 0.6 is 0 Å². The maximum Gasteiger partial charge on any atom is 0.193 e. The maximum absolute atomic E-state index is 13.4. The number of halogens is 1. The van der Waals surface area contributed by atoms with Crippen LogP contribution in [0.1, 0.15) is 21.5 Å². The van der Waals surface area contributed by atoms with Crippen molar-refractivity contribution in [3.05, 3.63) is 71.0 Å². The second-order valence-electron chi connectivity index (χ2n) is 6.08. The van der Waals surface area contributed by atoms with Crippen LogP contribution in [0, 0.1) is 5.82 Å².